The van der Waals surface area contributed by atoms with Gasteiger partial charge in [-0.15, -0.1) is 0 Å². The zero-order chi connectivity index (χ0) is 14.4. The number of halogens is 1. The van der Waals surface area contributed by atoms with E-state index >= 15 is 0 Å². The molecule has 102 valence electrons. The zero-order valence-corrected chi connectivity index (χ0v) is 11.0. The summed E-state index contributed by atoms with van der Waals surface area (Å²) < 4.78 is 13.6. The van der Waals surface area contributed by atoms with Gasteiger partial charge in [-0.3, -0.25) is 4.98 Å². The van der Waals surface area contributed by atoms with Crippen molar-refractivity contribution in [2.75, 3.05) is 17.2 Å². The number of benzene rings is 1. The van der Waals surface area contributed by atoms with Crippen molar-refractivity contribution in [1.82, 2.24) is 4.98 Å². The highest BCUT2D eigenvalue weighted by molar-refractivity contribution is 5.68. The Morgan fingerprint density at radius 3 is 2.85 bits per heavy atom. The molecule has 5 heteroatoms. The van der Waals surface area contributed by atoms with Crippen LogP contribution in [-0.2, 0) is 6.54 Å². The van der Waals surface area contributed by atoms with Gasteiger partial charge in [0.05, 0.1) is 23.9 Å². The fourth-order valence-corrected chi connectivity index (χ4v) is 1.98. The first-order valence-electron chi connectivity index (χ1n) is 6.27. The van der Waals surface area contributed by atoms with E-state index in [9.17, 15) is 4.39 Å². The maximum absolute atomic E-state index is 13.6. The number of para-hydroxylation sites is 1. The van der Waals surface area contributed by atoms with E-state index in [1.165, 1.54) is 6.07 Å². The minimum atomic E-state index is -0.448. The number of anilines is 2. The van der Waals surface area contributed by atoms with Gasteiger partial charge in [-0.05, 0) is 23.8 Å². The lowest BCUT2D eigenvalue weighted by atomic mass is 10.2. The van der Waals surface area contributed by atoms with Gasteiger partial charge in [-0.25, -0.2) is 4.39 Å². The summed E-state index contributed by atoms with van der Waals surface area (Å²) in [6.07, 6.45) is 3.78. The van der Waals surface area contributed by atoms with Gasteiger partial charge < -0.3 is 10.6 Å². The Kier molecular flexibility index (Phi) is 4.51. The minimum Gasteiger partial charge on any atom is -0.395 e. The van der Waals surface area contributed by atoms with Crippen LogP contribution >= 0.6 is 0 Å². The third-order valence-electron chi connectivity index (χ3n) is 2.96. The van der Waals surface area contributed by atoms with E-state index in [2.05, 4.69) is 11.1 Å². The Hall–Kier alpha value is -2.61. The molecule has 2 N–H and O–H groups in total. The lowest BCUT2D eigenvalue weighted by Crippen LogP contribution is -2.25. The summed E-state index contributed by atoms with van der Waals surface area (Å²) in [5.41, 5.74) is 7.48. The summed E-state index contributed by atoms with van der Waals surface area (Å²) in [5.74, 6) is -0.448. The van der Waals surface area contributed by atoms with Gasteiger partial charge in [-0.1, -0.05) is 12.1 Å². The topological polar surface area (TPSA) is 65.9 Å². The highest BCUT2D eigenvalue weighted by Crippen LogP contribution is 2.27. The van der Waals surface area contributed by atoms with E-state index in [4.69, 9.17) is 11.0 Å². The molecule has 4 nitrogen and oxygen atoms in total. The second kappa shape index (κ2) is 6.53. The van der Waals surface area contributed by atoms with Crippen LogP contribution in [0.2, 0.25) is 0 Å². The molecule has 1 aromatic carbocycles. The van der Waals surface area contributed by atoms with Crippen LogP contribution in [0, 0.1) is 17.1 Å². The molecule has 0 saturated carbocycles. The molecule has 0 fully saturated rings. The highest BCUT2D eigenvalue weighted by Gasteiger charge is 2.13. The lowest BCUT2D eigenvalue weighted by molar-refractivity contribution is 0.631. The van der Waals surface area contributed by atoms with Crippen molar-refractivity contribution in [3.8, 4) is 6.07 Å². The molecule has 0 saturated heterocycles. The first-order chi connectivity index (χ1) is 9.72. The van der Waals surface area contributed by atoms with Crippen LogP contribution < -0.4 is 10.6 Å². The molecule has 0 amide bonds. The van der Waals surface area contributed by atoms with Gasteiger partial charge in [0.1, 0.15) is 5.82 Å². The maximum atomic E-state index is 13.6. The molecule has 0 spiro atoms. The third kappa shape index (κ3) is 3.23. The number of hydrogen-bond acceptors (Lipinski definition) is 4. The minimum absolute atomic E-state index is 0.106. The number of hydrogen-bond donors (Lipinski definition) is 1. The molecule has 0 aliphatic heterocycles. The van der Waals surface area contributed by atoms with Gasteiger partial charge in [0, 0.05) is 25.5 Å². The van der Waals surface area contributed by atoms with E-state index in [1.807, 2.05) is 17.0 Å². The Morgan fingerprint density at radius 2 is 2.15 bits per heavy atom. The predicted molar refractivity (Wildman–Crippen MR) is 76.3 cm³/mol. The van der Waals surface area contributed by atoms with Gasteiger partial charge in [0.25, 0.3) is 0 Å². The summed E-state index contributed by atoms with van der Waals surface area (Å²) in [4.78, 5) is 5.94. The van der Waals surface area contributed by atoms with Crippen molar-refractivity contribution < 1.29 is 4.39 Å². The third-order valence-corrected chi connectivity index (χ3v) is 2.96. The Bertz CT molecular complexity index is 607. The molecular weight excluding hydrogens is 255 g/mol. The van der Waals surface area contributed by atoms with Crippen LogP contribution in [-0.4, -0.2) is 11.5 Å². The Labute approximate surface area is 117 Å². The van der Waals surface area contributed by atoms with Crippen molar-refractivity contribution in [1.29, 1.82) is 5.26 Å². The molecule has 2 rings (SSSR count). The second-order valence-electron chi connectivity index (χ2n) is 4.36. The van der Waals surface area contributed by atoms with Crippen LogP contribution in [0.1, 0.15) is 12.0 Å². The molecule has 2 aromatic rings. The summed E-state index contributed by atoms with van der Waals surface area (Å²) in [6, 6.07) is 10.6. The number of pyridine rings is 1. The average molecular weight is 270 g/mol. The van der Waals surface area contributed by atoms with E-state index in [0.29, 0.717) is 25.2 Å². The van der Waals surface area contributed by atoms with E-state index in [-0.39, 0.29) is 5.69 Å². The van der Waals surface area contributed by atoms with Crippen LogP contribution in [0.5, 0.6) is 0 Å². The first-order valence-corrected chi connectivity index (χ1v) is 6.27. The number of nitrogen functional groups attached to an aromatic ring is 1. The summed E-state index contributed by atoms with van der Waals surface area (Å²) in [6.45, 7) is 1.02. The van der Waals surface area contributed by atoms with Crippen LogP contribution in [0.3, 0.4) is 0 Å². The summed E-state index contributed by atoms with van der Waals surface area (Å²) >= 11 is 0. The molecule has 20 heavy (non-hydrogen) atoms. The van der Waals surface area contributed by atoms with Crippen molar-refractivity contribution in [3.63, 3.8) is 0 Å². The first kappa shape index (κ1) is 13.8. The second-order valence-corrected chi connectivity index (χ2v) is 4.36. The largest absolute Gasteiger partial charge is 0.395 e. The molecule has 0 bridgehead atoms. The van der Waals surface area contributed by atoms with Gasteiger partial charge in [0.15, 0.2) is 0 Å². The number of nitrogens with zero attached hydrogens (tertiary/aromatic N) is 3. The van der Waals surface area contributed by atoms with Gasteiger partial charge in [-0.2, -0.15) is 5.26 Å². The van der Waals surface area contributed by atoms with Gasteiger partial charge >= 0.3 is 0 Å². The van der Waals surface area contributed by atoms with Crippen molar-refractivity contribution in [2.24, 2.45) is 0 Å². The van der Waals surface area contributed by atoms with E-state index in [1.54, 1.807) is 24.5 Å². The summed E-state index contributed by atoms with van der Waals surface area (Å²) in [5, 5.41) is 8.76. The molecule has 0 unspecified atom stereocenters. The fraction of sp³-hybridized carbons (Fsp3) is 0.200. The lowest BCUT2D eigenvalue weighted by Gasteiger charge is -2.25. The van der Waals surface area contributed by atoms with E-state index in [0.717, 1.165) is 5.56 Å². The quantitative estimate of drug-likeness (QED) is 0.848. The monoisotopic (exact) mass is 270 g/mol. The van der Waals surface area contributed by atoms with Crippen molar-refractivity contribution in [3.05, 3.63) is 54.1 Å². The molecule has 0 radical (unpaired) electrons. The Morgan fingerprint density at radius 1 is 1.30 bits per heavy atom. The van der Waals surface area contributed by atoms with Gasteiger partial charge in [0.2, 0.25) is 0 Å². The number of rotatable bonds is 5. The smallest absolute Gasteiger partial charge is 0.148 e. The predicted octanol–water partition coefficient (Wildman–Crippen LogP) is 2.72. The number of nitrogens with two attached hydrogens (primary N) is 1. The standard InChI is InChI=1S/C15H15FN4/c16-13-5-1-6-14(15(13)18)20(9-3-7-17)11-12-4-2-8-19-10-12/h1-2,4-6,8,10H,3,9,11,18H2. The van der Waals surface area contributed by atoms with Crippen molar-refractivity contribution in [2.45, 2.75) is 13.0 Å². The SMILES string of the molecule is N#CCCN(Cc1cccnc1)c1cccc(F)c1N. The number of aromatic nitrogens is 1. The normalized spacial score (nSPS) is 10.0. The summed E-state index contributed by atoms with van der Waals surface area (Å²) in [7, 11) is 0. The molecule has 0 atom stereocenters. The average Bonchev–Trinajstić information content (AvgIpc) is 2.48. The molecular formula is C15H15FN4. The van der Waals surface area contributed by atoms with Crippen LogP contribution in [0.4, 0.5) is 15.8 Å². The Balaban J connectivity index is 2.28. The fourth-order valence-electron chi connectivity index (χ4n) is 1.98. The van der Waals surface area contributed by atoms with Crippen molar-refractivity contribution >= 4 is 11.4 Å². The molecule has 1 heterocycles. The molecule has 0 aliphatic rings. The maximum Gasteiger partial charge on any atom is 0.148 e. The molecule has 0 aliphatic carbocycles. The van der Waals surface area contributed by atoms with Crippen LogP contribution in [0.15, 0.2) is 42.7 Å². The highest BCUT2D eigenvalue weighted by atomic mass is 19.1. The number of nitriles is 1. The zero-order valence-electron chi connectivity index (χ0n) is 11.0. The van der Waals surface area contributed by atoms with E-state index < -0.39 is 5.82 Å². The molecule has 1 aromatic heterocycles. The van der Waals surface area contributed by atoms with Crippen LogP contribution in [0.25, 0.3) is 0 Å².